The average molecular weight is 112 g/mol. The van der Waals surface area contributed by atoms with Gasteiger partial charge in [-0.2, -0.15) is 0 Å². The molecule has 0 radical (unpaired) electrons. The molecular weight excluding hydrogens is 100 g/mol. The van der Waals surface area contributed by atoms with Crippen molar-refractivity contribution >= 4 is 6.72 Å². The van der Waals surface area contributed by atoms with E-state index >= 15 is 0 Å². The maximum absolute atomic E-state index is 3.67. The van der Waals surface area contributed by atoms with Crippen molar-refractivity contribution in [3.8, 4) is 0 Å². The summed E-state index contributed by atoms with van der Waals surface area (Å²) in [6, 6.07) is 0. The maximum atomic E-state index is 3.67. The Hall–Kier alpha value is -0.790. The molecular formula is C6H12N2. The van der Waals surface area contributed by atoms with Crippen molar-refractivity contribution in [1.82, 2.24) is 5.32 Å². The monoisotopic (exact) mass is 112 g/mol. The summed E-state index contributed by atoms with van der Waals surface area (Å²) in [4.78, 5) is 3.67. The summed E-state index contributed by atoms with van der Waals surface area (Å²) >= 11 is 0. The molecule has 8 heavy (non-hydrogen) atoms. The molecule has 1 N–H and O–H groups in total. The standard InChI is InChI=1S/C6H12N2/c1-4-8-5-6(2)7-3/h5,8H,3-4H2,1-2H3/b6-5-. The van der Waals surface area contributed by atoms with E-state index in [4.69, 9.17) is 0 Å². The molecule has 0 aromatic rings. The van der Waals surface area contributed by atoms with Crippen molar-refractivity contribution in [2.75, 3.05) is 6.54 Å². The number of nitrogens with one attached hydrogen (secondary N) is 1. The van der Waals surface area contributed by atoms with Crippen LogP contribution in [0.2, 0.25) is 0 Å². The highest BCUT2D eigenvalue weighted by Gasteiger charge is 1.74. The van der Waals surface area contributed by atoms with E-state index in [1.807, 2.05) is 20.0 Å². The lowest BCUT2D eigenvalue weighted by molar-refractivity contribution is 0.905. The predicted octanol–water partition coefficient (Wildman–Crippen LogP) is 1.16. The Kier molecular flexibility index (Phi) is 3.94. The molecule has 0 amide bonds. The Morgan fingerprint density at radius 1 is 1.88 bits per heavy atom. The number of hydrogen-bond donors (Lipinski definition) is 1. The van der Waals surface area contributed by atoms with E-state index in [0.717, 1.165) is 12.2 Å². The maximum Gasteiger partial charge on any atom is 0.0521 e. The largest absolute Gasteiger partial charge is 0.390 e. The first-order valence-corrected chi connectivity index (χ1v) is 2.68. The van der Waals surface area contributed by atoms with E-state index in [1.165, 1.54) is 0 Å². The van der Waals surface area contributed by atoms with Crippen LogP contribution in [0.15, 0.2) is 16.9 Å². The van der Waals surface area contributed by atoms with E-state index in [0.29, 0.717) is 0 Å². The van der Waals surface area contributed by atoms with Crippen LogP contribution in [0.3, 0.4) is 0 Å². The zero-order valence-electron chi connectivity index (χ0n) is 5.44. The molecule has 2 nitrogen and oxygen atoms in total. The van der Waals surface area contributed by atoms with Crippen LogP contribution in [0.25, 0.3) is 0 Å². The number of nitrogens with zero attached hydrogens (tertiary/aromatic N) is 1. The molecule has 0 spiro atoms. The van der Waals surface area contributed by atoms with Gasteiger partial charge in [-0.3, -0.25) is 4.99 Å². The van der Waals surface area contributed by atoms with Gasteiger partial charge in [0.1, 0.15) is 0 Å². The van der Waals surface area contributed by atoms with Crippen molar-refractivity contribution in [2.45, 2.75) is 13.8 Å². The van der Waals surface area contributed by atoms with Crippen LogP contribution in [0.1, 0.15) is 13.8 Å². The lowest BCUT2D eigenvalue weighted by atomic mass is 10.5. The van der Waals surface area contributed by atoms with Gasteiger partial charge in [-0.05, 0) is 20.6 Å². The third-order valence-electron chi connectivity index (χ3n) is 0.764. The zero-order valence-corrected chi connectivity index (χ0v) is 5.44. The smallest absolute Gasteiger partial charge is 0.0521 e. The average Bonchev–Trinajstić information content (AvgIpc) is 1.83. The van der Waals surface area contributed by atoms with Gasteiger partial charge < -0.3 is 5.32 Å². The van der Waals surface area contributed by atoms with Gasteiger partial charge in [0.25, 0.3) is 0 Å². The first-order valence-electron chi connectivity index (χ1n) is 2.68. The molecule has 0 aromatic heterocycles. The van der Waals surface area contributed by atoms with Crippen LogP contribution in [-0.4, -0.2) is 13.3 Å². The van der Waals surface area contributed by atoms with Crippen LogP contribution in [0, 0.1) is 0 Å². The zero-order chi connectivity index (χ0) is 6.41. The third-order valence-corrected chi connectivity index (χ3v) is 0.764. The second-order valence-corrected chi connectivity index (χ2v) is 1.50. The highest BCUT2D eigenvalue weighted by molar-refractivity contribution is 5.27. The molecule has 0 aliphatic heterocycles. The molecule has 0 bridgehead atoms. The Bertz CT molecular complexity index is 94.7. The highest BCUT2D eigenvalue weighted by atomic mass is 14.8. The fourth-order valence-electron chi connectivity index (χ4n) is 0.295. The summed E-state index contributed by atoms with van der Waals surface area (Å²) in [5, 5.41) is 3.00. The summed E-state index contributed by atoms with van der Waals surface area (Å²) < 4.78 is 0. The van der Waals surface area contributed by atoms with Gasteiger partial charge in [-0.15, -0.1) is 0 Å². The Balaban J connectivity index is 3.40. The molecule has 0 heterocycles. The van der Waals surface area contributed by atoms with Gasteiger partial charge in [-0.1, -0.05) is 0 Å². The van der Waals surface area contributed by atoms with Gasteiger partial charge in [0.15, 0.2) is 0 Å². The molecule has 0 saturated heterocycles. The summed E-state index contributed by atoms with van der Waals surface area (Å²) in [6.07, 6.45) is 1.84. The number of hydrogen-bond acceptors (Lipinski definition) is 2. The highest BCUT2D eigenvalue weighted by Crippen LogP contribution is 1.86. The summed E-state index contributed by atoms with van der Waals surface area (Å²) in [6.45, 7) is 8.23. The van der Waals surface area contributed by atoms with E-state index in [9.17, 15) is 0 Å². The molecule has 0 aliphatic rings. The number of aliphatic imine (C=N–C) groups is 1. The molecule has 0 saturated carbocycles. The number of allylic oxidation sites excluding steroid dienone is 1. The molecule has 0 fully saturated rings. The van der Waals surface area contributed by atoms with Crippen LogP contribution >= 0.6 is 0 Å². The second-order valence-electron chi connectivity index (χ2n) is 1.50. The van der Waals surface area contributed by atoms with Gasteiger partial charge in [0, 0.05) is 12.7 Å². The molecule has 0 atom stereocenters. The Morgan fingerprint density at radius 3 is 2.88 bits per heavy atom. The summed E-state index contributed by atoms with van der Waals surface area (Å²) in [5.74, 6) is 0. The summed E-state index contributed by atoms with van der Waals surface area (Å²) in [7, 11) is 0. The lowest BCUT2D eigenvalue weighted by Crippen LogP contribution is -2.02. The van der Waals surface area contributed by atoms with Crippen molar-refractivity contribution in [3.63, 3.8) is 0 Å². The first kappa shape index (κ1) is 7.21. The minimum absolute atomic E-state index is 0.923. The fourth-order valence-corrected chi connectivity index (χ4v) is 0.295. The number of rotatable bonds is 3. The van der Waals surface area contributed by atoms with E-state index < -0.39 is 0 Å². The Labute approximate surface area is 50.3 Å². The van der Waals surface area contributed by atoms with Gasteiger partial charge in [-0.25, -0.2) is 0 Å². The topological polar surface area (TPSA) is 24.4 Å². The van der Waals surface area contributed by atoms with Crippen LogP contribution in [0.4, 0.5) is 0 Å². The molecule has 0 aromatic carbocycles. The van der Waals surface area contributed by atoms with Crippen molar-refractivity contribution in [1.29, 1.82) is 0 Å². The van der Waals surface area contributed by atoms with E-state index in [-0.39, 0.29) is 0 Å². The lowest BCUT2D eigenvalue weighted by Gasteiger charge is -1.91. The minimum atomic E-state index is 0.923. The molecule has 0 rings (SSSR count). The second kappa shape index (κ2) is 4.37. The van der Waals surface area contributed by atoms with E-state index in [2.05, 4.69) is 17.0 Å². The molecule has 2 heteroatoms. The van der Waals surface area contributed by atoms with Crippen molar-refractivity contribution in [3.05, 3.63) is 11.9 Å². The SMILES string of the molecule is C=N/C(C)=C\NCC. The van der Waals surface area contributed by atoms with Crippen LogP contribution in [0.5, 0.6) is 0 Å². The van der Waals surface area contributed by atoms with Crippen LogP contribution in [-0.2, 0) is 0 Å². The molecule has 0 aliphatic carbocycles. The molecule has 46 valence electrons. The normalized spacial score (nSPS) is 11.0. The van der Waals surface area contributed by atoms with Gasteiger partial charge >= 0.3 is 0 Å². The minimum Gasteiger partial charge on any atom is -0.390 e. The van der Waals surface area contributed by atoms with Crippen LogP contribution < -0.4 is 5.32 Å². The summed E-state index contributed by atoms with van der Waals surface area (Å²) in [5.41, 5.74) is 0.923. The third kappa shape index (κ3) is 3.40. The van der Waals surface area contributed by atoms with Crippen molar-refractivity contribution < 1.29 is 0 Å². The molecule has 0 unspecified atom stereocenters. The Morgan fingerprint density at radius 2 is 2.50 bits per heavy atom. The quantitative estimate of drug-likeness (QED) is 0.544. The van der Waals surface area contributed by atoms with Gasteiger partial charge in [0.2, 0.25) is 0 Å². The van der Waals surface area contributed by atoms with Gasteiger partial charge in [0.05, 0.1) is 5.70 Å². The fraction of sp³-hybridized carbons (Fsp3) is 0.500. The van der Waals surface area contributed by atoms with E-state index in [1.54, 1.807) is 0 Å². The first-order chi connectivity index (χ1) is 3.81. The predicted molar refractivity (Wildman–Crippen MR) is 37.0 cm³/mol. The van der Waals surface area contributed by atoms with Crippen molar-refractivity contribution in [2.24, 2.45) is 4.99 Å².